The number of rotatable bonds is 2. The molecule has 0 aliphatic heterocycles. The molecule has 20 heavy (non-hydrogen) atoms. The number of hydrogen-bond donors (Lipinski definition) is 1. The van der Waals surface area contributed by atoms with E-state index in [9.17, 15) is 4.79 Å². The van der Waals surface area contributed by atoms with Gasteiger partial charge in [0.1, 0.15) is 11.6 Å². The molecule has 2 heterocycles. The van der Waals surface area contributed by atoms with Gasteiger partial charge in [0.2, 0.25) is 0 Å². The number of aromatic nitrogens is 3. The van der Waals surface area contributed by atoms with E-state index < -0.39 is 6.04 Å². The third-order valence-corrected chi connectivity index (χ3v) is 3.25. The van der Waals surface area contributed by atoms with Gasteiger partial charge in [-0.2, -0.15) is 10.4 Å². The van der Waals surface area contributed by atoms with Gasteiger partial charge in [0, 0.05) is 12.4 Å². The van der Waals surface area contributed by atoms with Crippen LogP contribution in [0, 0.1) is 16.7 Å². The molecule has 0 aliphatic rings. The Morgan fingerprint density at radius 1 is 1.50 bits per heavy atom. The van der Waals surface area contributed by atoms with Crippen molar-refractivity contribution >= 4 is 27.5 Å². The van der Waals surface area contributed by atoms with Crippen LogP contribution in [0.3, 0.4) is 0 Å². The first-order chi connectivity index (χ1) is 9.32. The Balaban J connectivity index is 2.31. The van der Waals surface area contributed by atoms with Crippen LogP contribution >= 0.6 is 15.9 Å². The zero-order valence-corrected chi connectivity index (χ0v) is 13.0. The van der Waals surface area contributed by atoms with Gasteiger partial charge in [-0.05, 0) is 21.3 Å². The molecule has 0 spiro atoms. The highest BCUT2D eigenvalue weighted by molar-refractivity contribution is 9.10. The Morgan fingerprint density at radius 2 is 2.20 bits per heavy atom. The number of nitrogens with one attached hydrogen (secondary N) is 1. The predicted octanol–water partition coefficient (Wildman–Crippen LogP) is 2.16. The molecule has 0 radical (unpaired) electrons. The van der Waals surface area contributed by atoms with E-state index in [-0.39, 0.29) is 11.3 Å². The normalized spacial score (nSPS) is 12.9. The average Bonchev–Trinajstić information content (AvgIpc) is 2.76. The fourth-order valence-electron chi connectivity index (χ4n) is 1.66. The van der Waals surface area contributed by atoms with Crippen LogP contribution in [0.25, 0.3) is 5.65 Å². The van der Waals surface area contributed by atoms with E-state index in [2.05, 4.69) is 37.4 Å². The molecular formula is C13H14BrN5O. The smallest absolute Gasteiger partial charge is 0.257 e. The summed E-state index contributed by atoms with van der Waals surface area (Å²) < 4.78 is 2.28. The van der Waals surface area contributed by atoms with Gasteiger partial charge >= 0.3 is 0 Å². The summed E-state index contributed by atoms with van der Waals surface area (Å²) in [5, 5.41) is 15.9. The zero-order valence-electron chi connectivity index (χ0n) is 11.4. The molecule has 2 aromatic rings. The second kappa shape index (κ2) is 5.21. The summed E-state index contributed by atoms with van der Waals surface area (Å²) in [6, 6.07) is 1.52. The quantitative estimate of drug-likeness (QED) is 0.911. The number of fused-ring (bicyclic) bond motifs is 1. The lowest BCUT2D eigenvalue weighted by Gasteiger charge is -2.25. The van der Waals surface area contributed by atoms with Crippen LogP contribution in [-0.2, 0) is 0 Å². The second-order valence-electron chi connectivity index (χ2n) is 5.50. The molecule has 0 unspecified atom stereocenters. The van der Waals surface area contributed by atoms with Crippen LogP contribution in [0.15, 0.2) is 23.1 Å². The zero-order chi connectivity index (χ0) is 14.9. The van der Waals surface area contributed by atoms with E-state index in [1.807, 2.05) is 20.8 Å². The molecule has 0 fully saturated rings. The number of carbonyl (C=O) groups is 1. The highest BCUT2D eigenvalue weighted by atomic mass is 79.9. The molecular weight excluding hydrogens is 322 g/mol. The van der Waals surface area contributed by atoms with Crippen LogP contribution in [0.2, 0.25) is 0 Å². The Morgan fingerprint density at radius 3 is 2.80 bits per heavy atom. The lowest BCUT2D eigenvalue weighted by molar-refractivity contribution is 0.0923. The van der Waals surface area contributed by atoms with Gasteiger partial charge in [-0.3, -0.25) is 4.79 Å². The first-order valence-electron chi connectivity index (χ1n) is 6.02. The summed E-state index contributed by atoms with van der Waals surface area (Å²) >= 11 is 3.29. The number of amides is 1. The van der Waals surface area contributed by atoms with Gasteiger partial charge in [0.05, 0.1) is 16.7 Å². The van der Waals surface area contributed by atoms with E-state index >= 15 is 0 Å². The topological polar surface area (TPSA) is 83.1 Å². The minimum Gasteiger partial charge on any atom is -0.336 e. The molecule has 0 bridgehead atoms. The van der Waals surface area contributed by atoms with Gasteiger partial charge < -0.3 is 5.32 Å². The molecule has 0 aromatic carbocycles. The summed E-state index contributed by atoms with van der Waals surface area (Å²) in [5.74, 6) is -0.351. The number of nitrogens with zero attached hydrogens (tertiary/aromatic N) is 4. The number of carbonyl (C=O) groups excluding carboxylic acids is 1. The molecule has 0 aliphatic carbocycles. The first kappa shape index (κ1) is 14.5. The summed E-state index contributed by atoms with van der Waals surface area (Å²) in [7, 11) is 0. The molecule has 0 saturated heterocycles. The van der Waals surface area contributed by atoms with Crippen molar-refractivity contribution < 1.29 is 4.79 Å². The van der Waals surface area contributed by atoms with E-state index in [1.165, 1.54) is 10.7 Å². The second-order valence-corrected chi connectivity index (χ2v) is 6.42. The molecule has 6 nitrogen and oxygen atoms in total. The SMILES string of the molecule is CC(C)(C)[C@H](C#N)NC(=O)c1cnn2cc(Br)cnc12. The molecule has 1 N–H and O–H groups in total. The van der Waals surface area contributed by atoms with Crippen molar-refractivity contribution in [3.05, 3.63) is 28.6 Å². The van der Waals surface area contributed by atoms with E-state index in [4.69, 9.17) is 5.26 Å². The maximum absolute atomic E-state index is 12.3. The van der Waals surface area contributed by atoms with Gasteiger partial charge in [-0.15, -0.1) is 0 Å². The molecule has 1 amide bonds. The fraction of sp³-hybridized carbons (Fsp3) is 0.385. The molecule has 0 saturated carbocycles. The van der Waals surface area contributed by atoms with E-state index in [1.54, 1.807) is 12.4 Å². The van der Waals surface area contributed by atoms with Crippen molar-refractivity contribution in [2.24, 2.45) is 5.41 Å². The molecule has 2 rings (SSSR count). The van der Waals surface area contributed by atoms with Crippen molar-refractivity contribution in [3.8, 4) is 6.07 Å². The van der Waals surface area contributed by atoms with Gasteiger partial charge in [0.15, 0.2) is 5.65 Å². The average molecular weight is 336 g/mol. The van der Waals surface area contributed by atoms with E-state index in [0.717, 1.165) is 4.47 Å². The van der Waals surface area contributed by atoms with E-state index in [0.29, 0.717) is 11.2 Å². The van der Waals surface area contributed by atoms with Gasteiger partial charge in [-0.25, -0.2) is 9.50 Å². The van der Waals surface area contributed by atoms with Gasteiger partial charge in [0.25, 0.3) is 5.91 Å². The van der Waals surface area contributed by atoms with Crippen molar-refractivity contribution in [2.75, 3.05) is 0 Å². The number of halogens is 1. The van der Waals surface area contributed by atoms with Crippen molar-refractivity contribution in [3.63, 3.8) is 0 Å². The lowest BCUT2D eigenvalue weighted by Crippen LogP contribution is -2.42. The highest BCUT2D eigenvalue weighted by Crippen LogP contribution is 2.19. The Labute approximate surface area is 124 Å². The van der Waals surface area contributed by atoms with Crippen LogP contribution in [0.1, 0.15) is 31.1 Å². The van der Waals surface area contributed by atoms with Crippen LogP contribution in [0.5, 0.6) is 0 Å². The standard InChI is InChI=1S/C13H14BrN5O/c1-13(2,3)10(4-15)18-12(20)9-6-17-19-7-8(14)5-16-11(9)19/h5-7,10H,1-3H3,(H,18,20)/t10-/m0/s1. The van der Waals surface area contributed by atoms with Crippen molar-refractivity contribution in [1.29, 1.82) is 5.26 Å². The molecule has 2 aromatic heterocycles. The Hall–Kier alpha value is -1.94. The third kappa shape index (κ3) is 2.80. The summed E-state index contributed by atoms with van der Waals surface area (Å²) in [4.78, 5) is 16.4. The number of nitriles is 1. The maximum Gasteiger partial charge on any atom is 0.257 e. The minimum absolute atomic E-state index is 0.343. The highest BCUT2D eigenvalue weighted by Gasteiger charge is 2.27. The summed E-state index contributed by atoms with van der Waals surface area (Å²) in [5.41, 5.74) is 0.461. The summed E-state index contributed by atoms with van der Waals surface area (Å²) in [6.45, 7) is 5.69. The Bertz CT molecular complexity index is 695. The van der Waals surface area contributed by atoms with Crippen LogP contribution < -0.4 is 5.32 Å². The number of hydrogen-bond acceptors (Lipinski definition) is 4. The fourth-order valence-corrected chi connectivity index (χ4v) is 1.96. The molecule has 7 heteroatoms. The van der Waals surface area contributed by atoms with Gasteiger partial charge in [-0.1, -0.05) is 20.8 Å². The van der Waals surface area contributed by atoms with Crippen LogP contribution in [0.4, 0.5) is 0 Å². The monoisotopic (exact) mass is 335 g/mol. The third-order valence-electron chi connectivity index (χ3n) is 2.84. The Kier molecular flexibility index (Phi) is 3.77. The maximum atomic E-state index is 12.3. The minimum atomic E-state index is -0.583. The first-order valence-corrected chi connectivity index (χ1v) is 6.81. The lowest BCUT2D eigenvalue weighted by atomic mass is 9.87. The van der Waals surface area contributed by atoms with Crippen LogP contribution in [-0.4, -0.2) is 26.5 Å². The molecule has 1 atom stereocenters. The summed E-state index contributed by atoms with van der Waals surface area (Å²) in [6.07, 6.45) is 4.76. The molecule has 104 valence electrons. The predicted molar refractivity (Wildman–Crippen MR) is 77.0 cm³/mol. The van der Waals surface area contributed by atoms with Crippen molar-refractivity contribution in [1.82, 2.24) is 19.9 Å². The van der Waals surface area contributed by atoms with Crippen molar-refractivity contribution in [2.45, 2.75) is 26.8 Å². The largest absolute Gasteiger partial charge is 0.336 e.